The number of hydrogen-bond donors (Lipinski definition) is 1. The first kappa shape index (κ1) is 15.0. The first-order chi connectivity index (χ1) is 9.79. The van der Waals surface area contributed by atoms with Crippen molar-refractivity contribution in [3.8, 4) is 0 Å². The topological polar surface area (TPSA) is 29.1 Å². The Morgan fingerprint density at radius 2 is 2.00 bits per heavy atom. The molecule has 1 N–H and O–H groups in total. The molecule has 1 aromatic rings. The zero-order valence-corrected chi connectivity index (χ0v) is 12.6. The maximum absolute atomic E-state index is 13.1. The molecule has 1 aliphatic carbocycles. The second kappa shape index (κ2) is 5.09. The van der Waals surface area contributed by atoms with Crippen LogP contribution >= 0.6 is 0 Å². The molecule has 3 rings (SSSR count). The van der Waals surface area contributed by atoms with Crippen LogP contribution in [0.15, 0.2) is 23.1 Å². The molecule has 6 heteroatoms. The Balaban J connectivity index is 1.76. The summed E-state index contributed by atoms with van der Waals surface area (Å²) >= 11 is 0. The highest BCUT2D eigenvalue weighted by Gasteiger charge is 2.48. The van der Waals surface area contributed by atoms with Crippen molar-refractivity contribution in [1.29, 1.82) is 0 Å². The maximum atomic E-state index is 13.1. The molecule has 1 saturated heterocycles. The van der Waals surface area contributed by atoms with Crippen LogP contribution in [-0.4, -0.2) is 23.6 Å². The van der Waals surface area contributed by atoms with Crippen molar-refractivity contribution >= 4 is 10.8 Å². The Bertz CT molecular complexity index is 573. The van der Waals surface area contributed by atoms with Crippen molar-refractivity contribution in [1.82, 2.24) is 5.32 Å². The largest absolute Gasteiger partial charge is 0.417 e. The Kier molecular flexibility index (Phi) is 3.64. The van der Waals surface area contributed by atoms with Gasteiger partial charge in [-0.3, -0.25) is 4.21 Å². The van der Waals surface area contributed by atoms with Gasteiger partial charge in [-0.2, -0.15) is 13.2 Å². The van der Waals surface area contributed by atoms with Gasteiger partial charge < -0.3 is 5.32 Å². The minimum absolute atomic E-state index is 0.125. The molecule has 2 fully saturated rings. The van der Waals surface area contributed by atoms with E-state index in [1.54, 1.807) is 6.07 Å². The first-order valence-electron chi connectivity index (χ1n) is 7.03. The van der Waals surface area contributed by atoms with Crippen molar-refractivity contribution in [2.45, 2.75) is 30.3 Å². The quantitative estimate of drug-likeness (QED) is 0.928. The molecular weight excluding hydrogens is 299 g/mol. The van der Waals surface area contributed by atoms with E-state index in [0.717, 1.165) is 25.9 Å². The van der Waals surface area contributed by atoms with Crippen LogP contribution in [0.2, 0.25) is 0 Å². The molecule has 1 heterocycles. The summed E-state index contributed by atoms with van der Waals surface area (Å²) in [5.41, 5.74) is 0.381. The third kappa shape index (κ3) is 2.88. The summed E-state index contributed by atoms with van der Waals surface area (Å²) in [6, 6.07) is 4.24. The van der Waals surface area contributed by atoms with Gasteiger partial charge in [0.05, 0.1) is 21.3 Å². The van der Waals surface area contributed by atoms with Gasteiger partial charge >= 0.3 is 6.18 Å². The van der Waals surface area contributed by atoms with Gasteiger partial charge in [-0.05, 0) is 48.3 Å². The minimum atomic E-state index is -4.45. The molecule has 0 aromatic heterocycles. The van der Waals surface area contributed by atoms with Gasteiger partial charge in [0.15, 0.2) is 0 Å². The summed E-state index contributed by atoms with van der Waals surface area (Å²) < 4.78 is 50.6. The number of hydrogen-bond acceptors (Lipinski definition) is 2. The lowest BCUT2D eigenvalue weighted by atomic mass is 9.57. The molecule has 0 radical (unpaired) electrons. The van der Waals surface area contributed by atoms with Crippen molar-refractivity contribution in [2.24, 2.45) is 11.3 Å². The molecule has 2 nitrogen and oxygen atoms in total. The molecule has 1 aromatic carbocycles. The molecular formula is C15H18F3NOS. The summed E-state index contributed by atoms with van der Waals surface area (Å²) in [5, 5.41) is 3.25. The first-order valence-corrected chi connectivity index (χ1v) is 8.59. The molecule has 0 bridgehead atoms. The van der Waals surface area contributed by atoms with E-state index in [0.29, 0.717) is 23.3 Å². The van der Waals surface area contributed by atoms with E-state index in [9.17, 15) is 17.4 Å². The van der Waals surface area contributed by atoms with E-state index in [4.69, 9.17) is 0 Å². The normalized spacial score (nSPS) is 22.7. The fourth-order valence-corrected chi connectivity index (χ4v) is 4.33. The van der Waals surface area contributed by atoms with Gasteiger partial charge in [0, 0.05) is 19.3 Å². The van der Waals surface area contributed by atoms with Crippen LogP contribution in [-0.2, 0) is 23.4 Å². The van der Waals surface area contributed by atoms with Gasteiger partial charge in [0.25, 0.3) is 0 Å². The minimum Gasteiger partial charge on any atom is -0.316 e. The summed E-state index contributed by atoms with van der Waals surface area (Å²) in [7, 11) is -1.63. The Hall–Kier alpha value is -0.880. The van der Waals surface area contributed by atoms with Crippen LogP contribution in [0.25, 0.3) is 0 Å². The van der Waals surface area contributed by atoms with Gasteiger partial charge in [0.2, 0.25) is 0 Å². The third-order valence-corrected chi connectivity index (χ3v) is 5.60. The van der Waals surface area contributed by atoms with Crippen molar-refractivity contribution in [3.05, 3.63) is 29.3 Å². The lowest BCUT2D eigenvalue weighted by molar-refractivity contribution is -0.139. The highest BCUT2D eigenvalue weighted by molar-refractivity contribution is 7.84. The Morgan fingerprint density at radius 3 is 2.48 bits per heavy atom. The van der Waals surface area contributed by atoms with E-state index in [1.165, 1.54) is 18.4 Å². The monoisotopic (exact) mass is 317 g/mol. The number of alkyl halides is 3. The number of nitrogens with one attached hydrogen (secondary N) is 1. The molecule has 1 aliphatic heterocycles. The average molecular weight is 317 g/mol. The molecule has 21 heavy (non-hydrogen) atoms. The SMILES string of the molecule is CS(=O)c1ccc(CC2CC3(CNC3)C2)cc1C(F)(F)F. The van der Waals surface area contributed by atoms with Crippen LogP contribution < -0.4 is 5.32 Å². The van der Waals surface area contributed by atoms with Gasteiger partial charge in [-0.1, -0.05) is 6.07 Å². The average Bonchev–Trinajstić information content (AvgIpc) is 2.29. The molecule has 1 saturated carbocycles. The van der Waals surface area contributed by atoms with Crippen molar-refractivity contribution < 1.29 is 17.4 Å². The molecule has 116 valence electrons. The third-order valence-electron chi connectivity index (χ3n) is 4.63. The lowest BCUT2D eigenvalue weighted by Gasteiger charge is -2.54. The lowest BCUT2D eigenvalue weighted by Crippen LogP contribution is -2.60. The molecule has 1 spiro atoms. The van der Waals surface area contributed by atoms with Gasteiger partial charge in [-0.15, -0.1) is 0 Å². The van der Waals surface area contributed by atoms with Crippen LogP contribution in [0, 0.1) is 11.3 Å². The number of halogens is 3. The van der Waals surface area contributed by atoms with Gasteiger partial charge in [0.1, 0.15) is 0 Å². The van der Waals surface area contributed by atoms with E-state index in [-0.39, 0.29) is 4.90 Å². The van der Waals surface area contributed by atoms with E-state index in [2.05, 4.69) is 5.32 Å². The molecule has 1 atom stereocenters. The number of benzene rings is 1. The van der Waals surface area contributed by atoms with Crippen LogP contribution in [0.1, 0.15) is 24.0 Å². The van der Waals surface area contributed by atoms with Crippen molar-refractivity contribution in [2.75, 3.05) is 19.3 Å². The predicted octanol–water partition coefficient (Wildman–Crippen LogP) is 2.98. The summed E-state index contributed by atoms with van der Waals surface area (Å²) in [5.74, 6) is 0.478. The summed E-state index contributed by atoms with van der Waals surface area (Å²) in [6.45, 7) is 2.09. The van der Waals surface area contributed by atoms with Crippen LogP contribution in [0.5, 0.6) is 0 Å². The highest BCUT2D eigenvalue weighted by Crippen LogP contribution is 2.49. The second-order valence-electron chi connectivity index (χ2n) is 6.36. The second-order valence-corrected chi connectivity index (χ2v) is 7.71. The summed E-state index contributed by atoms with van der Waals surface area (Å²) in [4.78, 5) is -0.125. The van der Waals surface area contributed by atoms with E-state index >= 15 is 0 Å². The Labute approximate surface area is 124 Å². The zero-order valence-electron chi connectivity index (χ0n) is 11.8. The van der Waals surface area contributed by atoms with Crippen LogP contribution in [0.4, 0.5) is 13.2 Å². The van der Waals surface area contributed by atoms with Crippen molar-refractivity contribution in [3.63, 3.8) is 0 Å². The molecule has 1 unspecified atom stereocenters. The van der Waals surface area contributed by atoms with E-state index < -0.39 is 22.5 Å². The number of rotatable bonds is 3. The zero-order chi connectivity index (χ0) is 15.3. The Morgan fingerprint density at radius 1 is 1.33 bits per heavy atom. The fourth-order valence-electron chi connectivity index (χ4n) is 3.59. The fraction of sp³-hybridized carbons (Fsp3) is 0.600. The summed E-state index contributed by atoms with van der Waals surface area (Å²) in [6.07, 6.45) is -0.285. The smallest absolute Gasteiger partial charge is 0.316 e. The predicted molar refractivity (Wildman–Crippen MR) is 75.5 cm³/mol. The molecule has 0 amide bonds. The maximum Gasteiger partial charge on any atom is 0.417 e. The van der Waals surface area contributed by atoms with E-state index in [1.807, 2.05) is 0 Å². The van der Waals surface area contributed by atoms with Crippen LogP contribution in [0.3, 0.4) is 0 Å². The molecule has 2 aliphatic rings. The highest BCUT2D eigenvalue weighted by atomic mass is 32.2. The van der Waals surface area contributed by atoms with Gasteiger partial charge in [-0.25, -0.2) is 0 Å². The standard InChI is InChI=1S/C15H18F3NOS/c1-21(20)13-3-2-10(5-12(13)15(16,17)18)4-11-6-14(7-11)8-19-9-14/h2-3,5,11,19H,4,6-9H2,1H3.